The van der Waals surface area contributed by atoms with E-state index in [0.29, 0.717) is 30.1 Å². The summed E-state index contributed by atoms with van der Waals surface area (Å²) in [5, 5.41) is 13.2. The van der Waals surface area contributed by atoms with Crippen LogP contribution in [0, 0.1) is 11.8 Å². The average Bonchev–Trinajstić information content (AvgIpc) is 3.25. The maximum atomic E-state index is 10.9. The lowest BCUT2D eigenvalue weighted by Crippen LogP contribution is -2.28. The molecule has 0 amide bonds. The van der Waals surface area contributed by atoms with Gasteiger partial charge in [-0.15, -0.1) is 0 Å². The Morgan fingerprint density at radius 1 is 1.27 bits per heavy atom. The summed E-state index contributed by atoms with van der Waals surface area (Å²) < 4.78 is 6.11. The van der Waals surface area contributed by atoms with E-state index in [2.05, 4.69) is 12.1 Å². The highest BCUT2D eigenvalue weighted by molar-refractivity contribution is 5.87. The van der Waals surface area contributed by atoms with Gasteiger partial charge in [-0.25, -0.2) is 4.79 Å². The molecule has 5 nitrogen and oxygen atoms in total. The van der Waals surface area contributed by atoms with Crippen molar-refractivity contribution in [1.29, 1.82) is 0 Å². The molecule has 0 saturated carbocycles. The van der Waals surface area contributed by atoms with Gasteiger partial charge in [-0.3, -0.25) is 0 Å². The molecule has 2 heterocycles. The smallest absolute Gasteiger partial charge is 0.335 e. The van der Waals surface area contributed by atoms with Crippen molar-refractivity contribution in [3.8, 4) is 0 Å². The molecule has 0 aromatic heterocycles. The van der Waals surface area contributed by atoms with Crippen LogP contribution in [0.1, 0.15) is 61.4 Å². The highest BCUT2D eigenvalue weighted by Gasteiger charge is 2.47. The molecule has 0 aliphatic carbocycles. The van der Waals surface area contributed by atoms with Gasteiger partial charge in [-0.1, -0.05) is 37.1 Å². The molecule has 2 aliphatic heterocycles. The number of oxime groups is 1. The van der Waals surface area contributed by atoms with Crippen LogP contribution in [-0.2, 0) is 16.0 Å². The molecule has 1 N–H and O–H groups in total. The Balaban J connectivity index is 1.51. The number of ether oxygens (including phenoxy) is 1. The van der Waals surface area contributed by atoms with Crippen LogP contribution < -0.4 is 0 Å². The summed E-state index contributed by atoms with van der Waals surface area (Å²) in [5.41, 5.74) is 1.51. The standard InChI is InChI=1S/C21H29NO4/c1-2-3-4-13-25-22-14-18-17(19-11-12-20(18)26-19)10-7-15-5-8-16(9-6-15)21(23)24/h5-6,8-9,14,17-20H,2-4,7,10-13H2,1H3,(H,23,24)/t17-,18-,19-,20+/m0/s1. The Kier molecular flexibility index (Phi) is 6.67. The topological polar surface area (TPSA) is 68.1 Å². The van der Waals surface area contributed by atoms with Gasteiger partial charge < -0.3 is 14.7 Å². The number of nitrogens with zero attached hydrogens (tertiary/aromatic N) is 1. The van der Waals surface area contributed by atoms with Gasteiger partial charge in [0.05, 0.1) is 17.8 Å². The summed E-state index contributed by atoms with van der Waals surface area (Å²) >= 11 is 0. The number of aryl methyl sites for hydroxylation is 1. The number of benzene rings is 1. The average molecular weight is 359 g/mol. The van der Waals surface area contributed by atoms with E-state index < -0.39 is 5.97 Å². The predicted molar refractivity (Wildman–Crippen MR) is 101 cm³/mol. The molecule has 1 aromatic carbocycles. The monoisotopic (exact) mass is 359 g/mol. The van der Waals surface area contributed by atoms with Crippen LogP contribution >= 0.6 is 0 Å². The van der Waals surface area contributed by atoms with Gasteiger partial charge in [0.1, 0.15) is 6.61 Å². The Labute approximate surface area is 155 Å². The first kappa shape index (κ1) is 18.9. The Morgan fingerprint density at radius 3 is 2.77 bits per heavy atom. The van der Waals surface area contributed by atoms with Crippen LogP contribution in [0.3, 0.4) is 0 Å². The molecule has 0 unspecified atom stereocenters. The third kappa shape index (κ3) is 4.64. The molecule has 0 spiro atoms. The zero-order valence-electron chi connectivity index (χ0n) is 15.5. The predicted octanol–water partition coefficient (Wildman–Crippen LogP) is 4.30. The highest BCUT2D eigenvalue weighted by atomic mass is 16.6. The second-order valence-electron chi connectivity index (χ2n) is 7.37. The Morgan fingerprint density at radius 2 is 2.04 bits per heavy atom. The maximum absolute atomic E-state index is 10.9. The van der Waals surface area contributed by atoms with Gasteiger partial charge in [-0.05, 0) is 55.7 Å². The number of fused-ring (bicyclic) bond motifs is 2. The molecule has 2 bridgehead atoms. The lowest BCUT2D eigenvalue weighted by Gasteiger charge is -2.24. The molecule has 5 heteroatoms. The zero-order valence-corrected chi connectivity index (χ0v) is 15.5. The summed E-state index contributed by atoms with van der Waals surface area (Å²) in [6, 6.07) is 7.19. The summed E-state index contributed by atoms with van der Waals surface area (Å²) in [6.07, 6.45) is 10.2. The number of rotatable bonds is 10. The number of hydrogen-bond donors (Lipinski definition) is 1. The van der Waals surface area contributed by atoms with E-state index in [4.69, 9.17) is 14.7 Å². The molecule has 2 saturated heterocycles. The number of carboxylic acids is 1. The number of unbranched alkanes of at least 4 members (excludes halogenated alkanes) is 2. The summed E-state index contributed by atoms with van der Waals surface area (Å²) in [7, 11) is 0. The maximum Gasteiger partial charge on any atom is 0.335 e. The van der Waals surface area contributed by atoms with E-state index in [1.165, 1.54) is 18.4 Å². The molecular weight excluding hydrogens is 330 g/mol. The number of carboxylic acid groups (broad SMARTS) is 1. The number of carbonyl (C=O) groups is 1. The van der Waals surface area contributed by atoms with Gasteiger partial charge in [0, 0.05) is 12.1 Å². The fourth-order valence-electron chi connectivity index (χ4n) is 4.13. The number of hydrogen-bond acceptors (Lipinski definition) is 4. The van der Waals surface area contributed by atoms with Crippen molar-refractivity contribution >= 4 is 12.2 Å². The summed E-state index contributed by atoms with van der Waals surface area (Å²) in [6.45, 7) is 2.86. The molecule has 2 fully saturated rings. The van der Waals surface area contributed by atoms with Crippen molar-refractivity contribution in [2.24, 2.45) is 17.0 Å². The molecule has 2 aliphatic rings. The first-order valence-electron chi connectivity index (χ1n) is 9.82. The van der Waals surface area contributed by atoms with Gasteiger partial charge in [0.15, 0.2) is 0 Å². The Bertz CT molecular complexity index is 613. The lowest BCUT2D eigenvalue weighted by molar-refractivity contribution is 0.0697. The molecule has 4 atom stereocenters. The van der Waals surface area contributed by atoms with Crippen LogP contribution in [0.25, 0.3) is 0 Å². The minimum absolute atomic E-state index is 0.280. The van der Waals surface area contributed by atoms with Gasteiger partial charge in [-0.2, -0.15) is 0 Å². The largest absolute Gasteiger partial charge is 0.478 e. The van der Waals surface area contributed by atoms with Gasteiger partial charge in [0.25, 0.3) is 0 Å². The lowest BCUT2D eigenvalue weighted by atomic mass is 9.77. The SMILES string of the molecule is CCCCCON=C[C@H]1[C@H](CCc2ccc(C(=O)O)cc2)[C@@H]2CC[C@H]1O2. The molecule has 1 aromatic rings. The quantitative estimate of drug-likeness (QED) is 0.384. The normalized spacial score (nSPS) is 27.3. The van der Waals surface area contributed by atoms with E-state index in [-0.39, 0.29) is 6.10 Å². The van der Waals surface area contributed by atoms with Crippen molar-refractivity contribution in [2.45, 2.75) is 64.1 Å². The molecule has 26 heavy (non-hydrogen) atoms. The molecule has 0 radical (unpaired) electrons. The molecular formula is C21H29NO4. The van der Waals surface area contributed by atoms with Crippen LogP contribution in [-0.4, -0.2) is 36.1 Å². The van der Waals surface area contributed by atoms with E-state index in [1.807, 2.05) is 18.3 Å². The third-order valence-corrected chi connectivity index (χ3v) is 5.60. The number of aromatic carboxylic acids is 1. The van der Waals surface area contributed by atoms with Crippen LogP contribution in [0.2, 0.25) is 0 Å². The minimum atomic E-state index is -0.881. The fraction of sp³-hybridized carbons (Fsp3) is 0.619. The summed E-state index contributed by atoms with van der Waals surface area (Å²) in [4.78, 5) is 16.4. The van der Waals surface area contributed by atoms with E-state index in [9.17, 15) is 4.79 Å². The zero-order chi connectivity index (χ0) is 18.4. The van der Waals surface area contributed by atoms with Crippen molar-refractivity contribution in [2.75, 3.05) is 6.61 Å². The summed E-state index contributed by atoms with van der Waals surface area (Å²) in [5.74, 6) is -0.0811. The van der Waals surface area contributed by atoms with E-state index in [1.54, 1.807) is 12.1 Å². The van der Waals surface area contributed by atoms with Crippen LogP contribution in [0.15, 0.2) is 29.4 Å². The Hall–Kier alpha value is -1.88. The highest BCUT2D eigenvalue weighted by Crippen LogP contribution is 2.44. The van der Waals surface area contributed by atoms with Crippen LogP contribution in [0.5, 0.6) is 0 Å². The first-order chi connectivity index (χ1) is 12.7. The van der Waals surface area contributed by atoms with Crippen LogP contribution in [0.4, 0.5) is 0 Å². The third-order valence-electron chi connectivity index (χ3n) is 5.60. The van der Waals surface area contributed by atoms with Gasteiger partial charge in [0.2, 0.25) is 0 Å². The molecule has 142 valence electrons. The fourth-order valence-corrected chi connectivity index (χ4v) is 4.13. The van der Waals surface area contributed by atoms with Crippen molar-refractivity contribution < 1.29 is 19.5 Å². The van der Waals surface area contributed by atoms with Gasteiger partial charge >= 0.3 is 5.97 Å². The second kappa shape index (κ2) is 9.17. The second-order valence-corrected chi connectivity index (χ2v) is 7.37. The first-order valence-corrected chi connectivity index (χ1v) is 9.82. The van der Waals surface area contributed by atoms with E-state index in [0.717, 1.165) is 32.1 Å². The van der Waals surface area contributed by atoms with Crippen molar-refractivity contribution in [3.05, 3.63) is 35.4 Å². The van der Waals surface area contributed by atoms with E-state index >= 15 is 0 Å². The van der Waals surface area contributed by atoms with Crippen molar-refractivity contribution in [3.63, 3.8) is 0 Å². The van der Waals surface area contributed by atoms with Crippen molar-refractivity contribution in [1.82, 2.24) is 0 Å². The molecule has 3 rings (SSSR count). The minimum Gasteiger partial charge on any atom is -0.478 e.